The van der Waals surface area contributed by atoms with Gasteiger partial charge >= 0.3 is 0 Å². The monoisotopic (exact) mass is 379 g/mol. The second-order valence-electron chi connectivity index (χ2n) is 7.60. The standard InChI is InChI=1S/C23H25NO4/c1-16-5-3-4-6-17(16)10-12-24-21(25)14-28-15-23(24)11-9-18-13-19(27-2)7-8-20(18)22(23)26/h3-8,13H,9-12,14-15H2,1-2H3. The molecule has 5 heteroatoms. The molecule has 0 aromatic heterocycles. The van der Waals surface area contributed by atoms with E-state index in [-0.39, 0.29) is 24.9 Å². The van der Waals surface area contributed by atoms with E-state index in [0.717, 1.165) is 24.2 Å². The molecule has 0 N–H and O–H groups in total. The van der Waals surface area contributed by atoms with Gasteiger partial charge in [0.15, 0.2) is 5.78 Å². The fraction of sp³-hybridized carbons (Fsp3) is 0.391. The summed E-state index contributed by atoms with van der Waals surface area (Å²) >= 11 is 0. The van der Waals surface area contributed by atoms with Crippen molar-refractivity contribution in [2.45, 2.75) is 31.7 Å². The first-order valence-electron chi connectivity index (χ1n) is 9.69. The zero-order valence-electron chi connectivity index (χ0n) is 16.4. The maximum absolute atomic E-state index is 13.5. The van der Waals surface area contributed by atoms with E-state index in [9.17, 15) is 9.59 Å². The van der Waals surface area contributed by atoms with E-state index in [2.05, 4.69) is 19.1 Å². The largest absolute Gasteiger partial charge is 0.497 e. The molecular formula is C23H25NO4. The Balaban J connectivity index is 1.64. The van der Waals surface area contributed by atoms with Crippen LogP contribution >= 0.6 is 0 Å². The topological polar surface area (TPSA) is 55.8 Å². The molecule has 1 aliphatic carbocycles. The van der Waals surface area contributed by atoms with Crippen LogP contribution in [0.5, 0.6) is 5.75 Å². The smallest absolute Gasteiger partial charge is 0.249 e. The molecule has 0 bridgehead atoms. The van der Waals surface area contributed by atoms with Crippen molar-refractivity contribution in [3.63, 3.8) is 0 Å². The summed E-state index contributed by atoms with van der Waals surface area (Å²) in [5, 5.41) is 0. The van der Waals surface area contributed by atoms with Gasteiger partial charge in [0.2, 0.25) is 5.91 Å². The van der Waals surface area contributed by atoms with E-state index in [1.165, 1.54) is 11.1 Å². The van der Waals surface area contributed by atoms with Crippen molar-refractivity contribution in [2.24, 2.45) is 0 Å². The average molecular weight is 379 g/mol. The van der Waals surface area contributed by atoms with Gasteiger partial charge in [-0.1, -0.05) is 24.3 Å². The van der Waals surface area contributed by atoms with Gasteiger partial charge in [0, 0.05) is 12.1 Å². The lowest BCUT2D eigenvalue weighted by atomic mass is 9.75. The number of carbonyl (C=O) groups is 2. The lowest BCUT2D eigenvalue weighted by Gasteiger charge is -2.47. The van der Waals surface area contributed by atoms with Crippen molar-refractivity contribution in [3.05, 3.63) is 64.7 Å². The Morgan fingerprint density at radius 2 is 2.00 bits per heavy atom. The van der Waals surface area contributed by atoms with Crippen LogP contribution in [-0.4, -0.2) is 49.0 Å². The molecule has 2 aliphatic rings. The number of ketones is 1. The molecule has 1 saturated heterocycles. The predicted octanol–water partition coefficient (Wildman–Crippen LogP) is 2.97. The summed E-state index contributed by atoms with van der Waals surface area (Å²) in [6.45, 7) is 2.89. The molecule has 0 saturated carbocycles. The highest BCUT2D eigenvalue weighted by molar-refractivity contribution is 6.07. The van der Waals surface area contributed by atoms with Gasteiger partial charge in [-0.15, -0.1) is 0 Å². The summed E-state index contributed by atoms with van der Waals surface area (Å²) in [5.74, 6) is 0.620. The van der Waals surface area contributed by atoms with E-state index >= 15 is 0 Å². The van der Waals surface area contributed by atoms with Gasteiger partial charge < -0.3 is 14.4 Å². The van der Waals surface area contributed by atoms with Crippen LogP contribution in [-0.2, 0) is 22.4 Å². The Labute approximate surface area is 165 Å². The van der Waals surface area contributed by atoms with Crippen molar-refractivity contribution in [3.8, 4) is 5.75 Å². The molecule has 0 radical (unpaired) electrons. The molecule has 146 valence electrons. The first kappa shape index (κ1) is 18.7. The van der Waals surface area contributed by atoms with Gasteiger partial charge in [0.05, 0.1) is 13.7 Å². The molecular weight excluding hydrogens is 354 g/mol. The van der Waals surface area contributed by atoms with Gasteiger partial charge in [-0.3, -0.25) is 9.59 Å². The maximum Gasteiger partial charge on any atom is 0.249 e. The Morgan fingerprint density at radius 3 is 2.79 bits per heavy atom. The molecule has 4 rings (SSSR count). The van der Waals surface area contributed by atoms with Crippen LogP contribution < -0.4 is 4.74 Å². The summed E-state index contributed by atoms with van der Waals surface area (Å²) in [5.41, 5.74) is 3.15. The predicted molar refractivity (Wildman–Crippen MR) is 106 cm³/mol. The number of Topliss-reactive ketones (excluding diaryl/α,β-unsaturated/α-hetero) is 1. The summed E-state index contributed by atoms with van der Waals surface area (Å²) in [7, 11) is 1.62. The number of methoxy groups -OCH3 is 1. The van der Waals surface area contributed by atoms with E-state index < -0.39 is 5.54 Å². The number of amides is 1. The molecule has 1 spiro atoms. The number of hydrogen-bond donors (Lipinski definition) is 0. The molecule has 1 atom stereocenters. The number of morpholine rings is 1. The van der Waals surface area contributed by atoms with Gasteiger partial charge in [0.1, 0.15) is 17.9 Å². The van der Waals surface area contributed by atoms with Gasteiger partial charge in [0.25, 0.3) is 0 Å². The number of benzene rings is 2. The molecule has 5 nitrogen and oxygen atoms in total. The minimum absolute atomic E-state index is 0.0192. The summed E-state index contributed by atoms with van der Waals surface area (Å²) in [6, 6.07) is 13.7. The summed E-state index contributed by atoms with van der Waals surface area (Å²) in [6.07, 6.45) is 2.02. The first-order valence-corrected chi connectivity index (χ1v) is 9.69. The van der Waals surface area contributed by atoms with Crippen LogP contribution in [0.15, 0.2) is 42.5 Å². The van der Waals surface area contributed by atoms with E-state index in [1.807, 2.05) is 24.3 Å². The Hall–Kier alpha value is -2.66. The van der Waals surface area contributed by atoms with E-state index in [0.29, 0.717) is 18.5 Å². The van der Waals surface area contributed by atoms with Crippen LogP contribution in [0.3, 0.4) is 0 Å². The summed E-state index contributed by atoms with van der Waals surface area (Å²) in [4.78, 5) is 28.0. The van der Waals surface area contributed by atoms with Crippen molar-refractivity contribution in [1.29, 1.82) is 0 Å². The van der Waals surface area contributed by atoms with Crippen LogP contribution in [0, 0.1) is 6.92 Å². The fourth-order valence-electron chi connectivity index (χ4n) is 4.39. The second kappa shape index (κ2) is 7.40. The average Bonchev–Trinajstić information content (AvgIpc) is 2.71. The third-order valence-corrected chi connectivity index (χ3v) is 6.04. The Morgan fingerprint density at radius 1 is 1.18 bits per heavy atom. The van der Waals surface area contributed by atoms with E-state index in [4.69, 9.17) is 9.47 Å². The fourth-order valence-corrected chi connectivity index (χ4v) is 4.39. The number of rotatable bonds is 4. The van der Waals surface area contributed by atoms with Crippen LogP contribution in [0.1, 0.15) is 33.5 Å². The third-order valence-electron chi connectivity index (χ3n) is 6.04. The highest BCUT2D eigenvalue weighted by atomic mass is 16.5. The number of hydrogen-bond acceptors (Lipinski definition) is 4. The molecule has 2 aromatic carbocycles. The Bertz CT molecular complexity index is 923. The Kier molecular flexibility index (Phi) is 4.94. The van der Waals surface area contributed by atoms with Crippen molar-refractivity contribution in [2.75, 3.05) is 26.9 Å². The third kappa shape index (κ3) is 3.10. The van der Waals surface area contributed by atoms with Gasteiger partial charge in [-0.05, 0) is 61.1 Å². The lowest BCUT2D eigenvalue weighted by Crippen LogP contribution is -2.65. The lowest BCUT2D eigenvalue weighted by molar-refractivity contribution is -0.154. The molecule has 1 unspecified atom stereocenters. The SMILES string of the molecule is COc1ccc2c(c1)CCC1(COCC(=O)N1CCc1ccccc1C)C2=O. The molecule has 1 fully saturated rings. The quantitative estimate of drug-likeness (QED) is 0.820. The maximum atomic E-state index is 13.5. The molecule has 1 aliphatic heterocycles. The van der Waals surface area contributed by atoms with E-state index in [1.54, 1.807) is 18.1 Å². The number of fused-ring (bicyclic) bond motifs is 1. The van der Waals surface area contributed by atoms with Crippen molar-refractivity contribution < 1.29 is 19.1 Å². The number of nitrogens with zero attached hydrogens (tertiary/aromatic N) is 1. The summed E-state index contributed by atoms with van der Waals surface area (Å²) < 4.78 is 10.9. The highest BCUT2D eigenvalue weighted by Crippen LogP contribution is 2.37. The highest BCUT2D eigenvalue weighted by Gasteiger charge is 2.51. The normalized spacial score (nSPS) is 21.7. The van der Waals surface area contributed by atoms with Gasteiger partial charge in [-0.25, -0.2) is 0 Å². The van der Waals surface area contributed by atoms with Crippen molar-refractivity contribution >= 4 is 11.7 Å². The second-order valence-corrected chi connectivity index (χ2v) is 7.60. The minimum atomic E-state index is -0.903. The molecule has 1 amide bonds. The first-order chi connectivity index (χ1) is 13.5. The number of ether oxygens (including phenoxy) is 2. The van der Waals surface area contributed by atoms with Crippen LogP contribution in [0.4, 0.5) is 0 Å². The van der Waals surface area contributed by atoms with Crippen LogP contribution in [0.2, 0.25) is 0 Å². The molecule has 1 heterocycles. The zero-order chi connectivity index (χ0) is 19.7. The minimum Gasteiger partial charge on any atom is -0.497 e. The zero-order valence-corrected chi connectivity index (χ0v) is 16.4. The number of aryl methyl sites for hydroxylation is 2. The molecule has 28 heavy (non-hydrogen) atoms. The number of carbonyl (C=O) groups excluding carboxylic acids is 2. The molecule has 2 aromatic rings. The van der Waals surface area contributed by atoms with Crippen molar-refractivity contribution in [1.82, 2.24) is 4.90 Å². The van der Waals surface area contributed by atoms with Crippen LogP contribution in [0.25, 0.3) is 0 Å². The van der Waals surface area contributed by atoms with Gasteiger partial charge in [-0.2, -0.15) is 0 Å².